The Kier molecular flexibility index (Phi) is 39.6. The van der Waals surface area contributed by atoms with Crippen LogP contribution < -0.4 is 18.9 Å². The van der Waals surface area contributed by atoms with Crippen LogP contribution in [0.5, 0.6) is 23.0 Å². The quantitative estimate of drug-likeness (QED) is 0.0139. The summed E-state index contributed by atoms with van der Waals surface area (Å²) < 4.78 is 138. The van der Waals surface area contributed by atoms with Crippen LogP contribution in [-0.2, 0) is 85.6 Å². The molecule has 26 heteroatoms. The van der Waals surface area contributed by atoms with Gasteiger partial charge in [0, 0.05) is 6.42 Å². The standard InChI is InChI=1S/C35H40O8S.2C18H24O4S.C17H16O4.C10H12O2S/c1-4-42-35(38)29-13-9-8-12-27(29)23-33(44(39,40)28-18-14-24(2)15-19-28)30(36)20-16-25-17-21-31(32(22-25)41-3)43-34(37)26-10-6-5-7-11-26;1-4-18(13-7-6-8-16(18)17(19)22-5-2)23(20,21)15-11-9-14(3)10-12-15;1-3-22-18(19)17-7-5-4-6-15(17)12-13-23(20,21)16-10-8-14(2)9-11-16;1-20-16-12-13(6-5-11-18)9-10-15(16)21-17(19)14-7-3-2-4-8-14;1-3-8-13(11,12)10-6-4-9(2)5-7-10/h5-7,10-11,14-15,17-19,21-23,29-30,33,36H,4,8-9,12-13,16,20H2,1-3H3;4,9-12,16H,1,5-8,13H2,2-3H3;8-12,17H,3-7,13H2,1-2H3;2-4,7-12H,5-6H2,1H3;3-7H,1,8H2,2H3/b27-23-;;15-12+;;. The Bertz CT molecular complexity index is 5420. The number of ether oxygens (including phenoxy) is 7. The van der Waals surface area contributed by atoms with Crippen LogP contribution in [0.3, 0.4) is 0 Å². The number of hydrogen-bond acceptors (Lipinski definition) is 22. The molecule has 1 N–H and O–H groups in total. The average Bonchev–Trinajstić information content (AvgIpc) is 0.737. The molecule has 11 rings (SSSR count). The normalized spacial score (nSPS) is 17.5. The van der Waals surface area contributed by atoms with Gasteiger partial charge in [0.2, 0.25) is 0 Å². The Morgan fingerprint density at radius 2 is 0.887 bits per heavy atom. The molecule has 0 saturated heterocycles. The Hall–Kier alpha value is -10.9. The van der Waals surface area contributed by atoms with Crippen molar-refractivity contribution in [2.45, 2.75) is 187 Å². The number of aliphatic hydroxyl groups is 1. The second-order valence-corrected chi connectivity index (χ2v) is 38.7. The van der Waals surface area contributed by atoms with Gasteiger partial charge in [-0.15, -0.1) is 13.2 Å². The summed E-state index contributed by atoms with van der Waals surface area (Å²) in [4.78, 5) is 73.1. The maximum absolute atomic E-state index is 13.9. The van der Waals surface area contributed by atoms with Crippen LogP contribution in [0, 0.1) is 45.4 Å². The van der Waals surface area contributed by atoms with Crippen molar-refractivity contribution < 1.29 is 101 Å². The largest absolute Gasteiger partial charge is 0.493 e. The zero-order valence-corrected chi connectivity index (χ0v) is 75.4. The van der Waals surface area contributed by atoms with Gasteiger partial charge in [-0.2, -0.15) is 0 Å². The molecule has 6 unspecified atom stereocenters. The lowest BCUT2D eigenvalue weighted by Gasteiger charge is -2.39. The minimum Gasteiger partial charge on any atom is -0.493 e. The highest BCUT2D eigenvalue weighted by atomic mass is 32.2. The Morgan fingerprint density at radius 1 is 0.476 bits per heavy atom. The minimum atomic E-state index is -4.00. The first kappa shape index (κ1) is 100. The van der Waals surface area contributed by atoms with Crippen LogP contribution >= 0.6 is 0 Å². The fourth-order valence-corrected chi connectivity index (χ4v) is 20.6. The zero-order valence-electron chi connectivity index (χ0n) is 72.2. The Labute approximate surface area is 731 Å². The number of carbonyl (C=O) groups is 6. The van der Waals surface area contributed by atoms with Crippen molar-refractivity contribution in [2.24, 2.45) is 17.8 Å². The molecular weight excluding hydrogens is 1660 g/mol. The van der Waals surface area contributed by atoms with Gasteiger partial charge in [-0.3, -0.25) is 14.4 Å². The molecule has 3 saturated carbocycles. The molecule has 0 amide bonds. The molecule has 0 aromatic heterocycles. The number of aliphatic hydroxyl groups excluding tert-OH is 1. The van der Waals surface area contributed by atoms with Crippen LogP contribution in [0.15, 0.2) is 262 Å². The molecule has 8 aromatic carbocycles. The van der Waals surface area contributed by atoms with Crippen molar-refractivity contribution in [3.05, 3.63) is 287 Å². The van der Waals surface area contributed by atoms with Crippen molar-refractivity contribution in [3.63, 3.8) is 0 Å². The van der Waals surface area contributed by atoms with Crippen LogP contribution in [-0.4, -0.2) is 137 Å². The second kappa shape index (κ2) is 49.0. The number of aryl methyl sites for hydroxylation is 6. The number of rotatable bonds is 31. The van der Waals surface area contributed by atoms with E-state index in [4.69, 9.17) is 33.2 Å². The summed E-state index contributed by atoms with van der Waals surface area (Å²) in [7, 11) is -11.3. The van der Waals surface area contributed by atoms with Gasteiger partial charge in [-0.1, -0.05) is 180 Å². The number of esters is 5. The smallest absolute Gasteiger partial charge is 0.343 e. The van der Waals surface area contributed by atoms with E-state index in [1.54, 1.807) is 209 Å². The second-order valence-electron chi connectivity index (χ2n) is 30.2. The molecule has 6 atom stereocenters. The summed E-state index contributed by atoms with van der Waals surface area (Å²) >= 11 is 0. The van der Waals surface area contributed by atoms with E-state index in [0.29, 0.717) is 95.3 Å². The first-order chi connectivity index (χ1) is 59.3. The number of hydrogen-bond donors (Lipinski definition) is 1. The highest BCUT2D eigenvalue weighted by Gasteiger charge is 2.53. The summed E-state index contributed by atoms with van der Waals surface area (Å²) in [6.45, 7) is 20.9. The molecule has 3 fully saturated rings. The minimum absolute atomic E-state index is 0.00391. The summed E-state index contributed by atoms with van der Waals surface area (Å²) in [6.07, 6.45) is 16.1. The molecule has 22 nitrogen and oxygen atoms in total. The van der Waals surface area contributed by atoms with E-state index in [2.05, 4.69) is 13.2 Å². The number of benzene rings is 8. The molecule has 3 aliphatic rings. The number of aldehydes is 1. The maximum Gasteiger partial charge on any atom is 0.343 e. The highest BCUT2D eigenvalue weighted by Crippen LogP contribution is 2.45. The van der Waals surface area contributed by atoms with E-state index in [1.807, 2.05) is 45.9 Å². The van der Waals surface area contributed by atoms with Gasteiger partial charge >= 0.3 is 29.8 Å². The van der Waals surface area contributed by atoms with Gasteiger partial charge in [0.15, 0.2) is 62.3 Å². The van der Waals surface area contributed by atoms with E-state index >= 15 is 0 Å². The molecule has 0 spiro atoms. The zero-order chi connectivity index (χ0) is 90.6. The third-order valence-corrected chi connectivity index (χ3v) is 29.3. The fraction of sp³-hybridized carbons (Fsp3) is 0.367. The summed E-state index contributed by atoms with van der Waals surface area (Å²) in [5.41, 5.74) is 8.19. The lowest BCUT2D eigenvalue weighted by molar-refractivity contribution is -0.150. The Balaban J connectivity index is 0.000000226. The summed E-state index contributed by atoms with van der Waals surface area (Å²) in [5.74, 6) is -2.14. The lowest BCUT2D eigenvalue weighted by Crippen LogP contribution is -2.49. The molecule has 0 radical (unpaired) electrons. The SMILES string of the molecule is C=CC1(S(=O)(=O)c2ccc(C)cc2)CCCCC1C(=O)OCC.C=CCS(=O)(=O)c1ccc(C)cc1.CCOC(=O)C1CCCC/C1=C/C(C(O)CCc1ccc(OC(=O)c2ccccc2)c(OC)c1)S(=O)(=O)c1ccc(C)cc1.CCOC(=O)C1CCCC/C1=C\CS(=O)(=O)c1ccc(C)cc1.COc1cc(CCC=O)ccc1OC(=O)c1ccccc1. The van der Waals surface area contributed by atoms with E-state index < -0.39 is 85.2 Å². The predicted octanol–water partition coefficient (Wildman–Crippen LogP) is 17.9. The first-order valence-corrected chi connectivity index (χ1v) is 47.9. The van der Waals surface area contributed by atoms with Crippen molar-refractivity contribution in [1.29, 1.82) is 0 Å². The van der Waals surface area contributed by atoms with E-state index in [0.717, 1.165) is 96.6 Å². The van der Waals surface area contributed by atoms with Crippen LogP contribution in [0.2, 0.25) is 0 Å². The fourth-order valence-electron chi connectivity index (χ4n) is 14.5. The number of sulfone groups is 4. The van der Waals surface area contributed by atoms with Gasteiger partial charge < -0.3 is 43.1 Å². The van der Waals surface area contributed by atoms with Crippen molar-refractivity contribution >= 4 is 75.5 Å². The summed E-state index contributed by atoms with van der Waals surface area (Å²) in [5, 5.41) is 10.2. The van der Waals surface area contributed by atoms with Crippen LogP contribution in [0.25, 0.3) is 0 Å². The van der Waals surface area contributed by atoms with Crippen molar-refractivity contribution in [1.82, 2.24) is 0 Å². The Morgan fingerprint density at radius 3 is 1.32 bits per heavy atom. The summed E-state index contributed by atoms with van der Waals surface area (Å²) in [6, 6.07) is 54.7. The molecule has 8 aromatic rings. The lowest BCUT2D eigenvalue weighted by atomic mass is 9.78. The molecule has 124 heavy (non-hydrogen) atoms. The van der Waals surface area contributed by atoms with E-state index in [1.165, 1.54) is 26.4 Å². The third kappa shape index (κ3) is 28.6. The topological polar surface area (TPSA) is 324 Å². The predicted molar refractivity (Wildman–Crippen MR) is 480 cm³/mol. The first-order valence-electron chi connectivity index (χ1n) is 41.6. The van der Waals surface area contributed by atoms with Crippen molar-refractivity contribution in [2.75, 3.05) is 45.5 Å². The molecule has 0 bridgehead atoms. The number of methoxy groups -OCH3 is 2. The van der Waals surface area contributed by atoms with Gasteiger partial charge in [0.1, 0.15) is 16.3 Å². The monoisotopic (exact) mass is 1770 g/mol. The molecule has 0 heterocycles. The molecule has 0 aliphatic heterocycles. The van der Waals surface area contributed by atoms with E-state index in [-0.39, 0.29) is 64.5 Å². The number of carbonyl (C=O) groups excluding carboxylic acids is 6. The van der Waals surface area contributed by atoms with E-state index in [9.17, 15) is 67.5 Å². The maximum atomic E-state index is 13.9. The highest BCUT2D eigenvalue weighted by molar-refractivity contribution is 7.93. The molecular formula is C98H116O22S4. The molecule has 664 valence electrons. The average molecular weight is 1770 g/mol. The van der Waals surface area contributed by atoms with Crippen LogP contribution in [0.1, 0.15) is 165 Å². The van der Waals surface area contributed by atoms with Gasteiger partial charge in [-0.25, -0.2) is 43.3 Å². The van der Waals surface area contributed by atoms with Gasteiger partial charge in [-0.05, 0) is 227 Å². The van der Waals surface area contributed by atoms with Crippen LogP contribution in [0.4, 0.5) is 0 Å². The van der Waals surface area contributed by atoms with Gasteiger partial charge in [0.05, 0.1) is 100 Å². The third-order valence-electron chi connectivity index (χ3n) is 21.4. The van der Waals surface area contributed by atoms with Gasteiger partial charge in [0.25, 0.3) is 0 Å². The molecule has 3 aliphatic carbocycles. The van der Waals surface area contributed by atoms with Crippen molar-refractivity contribution in [3.8, 4) is 23.0 Å².